The van der Waals surface area contributed by atoms with Crippen molar-refractivity contribution in [1.29, 1.82) is 0 Å². The van der Waals surface area contributed by atoms with Gasteiger partial charge in [0.2, 0.25) is 5.91 Å². The van der Waals surface area contributed by atoms with Crippen molar-refractivity contribution >= 4 is 5.91 Å². The topological polar surface area (TPSA) is 67.2 Å². The van der Waals surface area contributed by atoms with E-state index in [2.05, 4.69) is 88.9 Å². The number of amides is 1. The molecule has 6 aromatic rings. The average Bonchev–Trinajstić information content (AvgIpc) is 3.55. The normalized spacial score (nSPS) is 12.7. The molecular formula is C40H37N3O2. The number of aliphatic hydroxyl groups is 1. The standard InChI is InChI=1S/C40H37N3O2/c44-30-39(27-33-18-8-2-9-19-33,42-38(45)26-32-16-6-1-7-17-32)28-37-29-43(31-41-37)40(34-20-10-3-11-21-34,35-22-12-4-13-23-35)36-24-14-5-15-25-36/h1-25,29,31,44H,26-28,30H2,(H,42,45)/t39-/m1/s1. The van der Waals surface area contributed by atoms with Gasteiger partial charge in [0.05, 0.1) is 30.6 Å². The highest BCUT2D eigenvalue weighted by Crippen LogP contribution is 2.41. The highest BCUT2D eigenvalue weighted by molar-refractivity contribution is 5.79. The third-order valence-corrected chi connectivity index (χ3v) is 8.42. The molecule has 0 aliphatic heterocycles. The zero-order valence-corrected chi connectivity index (χ0v) is 25.2. The smallest absolute Gasteiger partial charge is 0.224 e. The van der Waals surface area contributed by atoms with Crippen molar-refractivity contribution in [2.24, 2.45) is 0 Å². The number of aliphatic hydroxyl groups excluding tert-OH is 1. The van der Waals surface area contributed by atoms with E-state index < -0.39 is 11.1 Å². The van der Waals surface area contributed by atoms with Gasteiger partial charge in [-0.2, -0.15) is 0 Å². The Bertz CT molecular complexity index is 1690. The summed E-state index contributed by atoms with van der Waals surface area (Å²) in [5.41, 5.74) is 4.35. The van der Waals surface area contributed by atoms with Crippen molar-refractivity contribution < 1.29 is 9.90 Å². The van der Waals surface area contributed by atoms with E-state index in [9.17, 15) is 9.90 Å². The fourth-order valence-electron chi connectivity index (χ4n) is 6.38. The molecule has 2 N–H and O–H groups in total. The number of carbonyl (C=O) groups excluding carboxylic acids is 1. The summed E-state index contributed by atoms with van der Waals surface area (Å²) in [5, 5.41) is 14.2. The Morgan fingerprint density at radius 3 is 1.53 bits per heavy atom. The minimum Gasteiger partial charge on any atom is -0.394 e. The van der Waals surface area contributed by atoms with Crippen molar-refractivity contribution in [2.45, 2.75) is 30.3 Å². The predicted octanol–water partition coefficient (Wildman–Crippen LogP) is 6.60. The van der Waals surface area contributed by atoms with E-state index in [1.807, 2.05) is 85.2 Å². The predicted molar refractivity (Wildman–Crippen MR) is 179 cm³/mol. The zero-order valence-electron chi connectivity index (χ0n) is 25.2. The number of hydrogen-bond acceptors (Lipinski definition) is 3. The molecule has 1 aromatic heterocycles. The van der Waals surface area contributed by atoms with Gasteiger partial charge >= 0.3 is 0 Å². The molecule has 45 heavy (non-hydrogen) atoms. The minimum absolute atomic E-state index is 0.141. The first-order valence-electron chi connectivity index (χ1n) is 15.3. The second kappa shape index (κ2) is 13.6. The maximum absolute atomic E-state index is 13.4. The molecule has 0 unspecified atom stereocenters. The lowest BCUT2D eigenvalue weighted by atomic mass is 9.76. The fourth-order valence-corrected chi connectivity index (χ4v) is 6.38. The van der Waals surface area contributed by atoms with Crippen molar-refractivity contribution in [3.8, 4) is 0 Å². The summed E-state index contributed by atoms with van der Waals surface area (Å²) in [5.74, 6) is -0.141. The molecular weight excluding hydrogens is 554 g/mol. The van der Waals surface area contributed by atoms with Gasteiger partial charge in [-0.25, -0.2) is 4.98 Å². The van der Waals surface area contributed by atoms with Gasteiger partial charge in [-0.15, -0.1) is 0 Å². The molecule has 0 aliphatic carbocycles. The van der Waals surface area contributed by atoms with Gasteiger partial charge in [0.1, 0.15) is 5.54 Å². The summed E-state index contributed by atoms with van der Waals surface area (Å²) in [6.45, 7) is -0.240. The first-order valence-corrected chi connectivity index (χ1v) is 15.3. The fraction of sp³-hybridized carbons (Fsp3) is 0.150. The van der Waals surface area contributed by atoms with E-state index in [1.165, 1.54) is 0 Å². The highest BCUT2D eigenvalue weighted by atomic mass is 16.3. The van der Waals surface area contributed by atoms with Crippen LogP contribution in [-0.4, -0.2) is 32.7 Å². The molecule has 0 spiro atoms. The van der Waals surface area contributed by atoms with E-state index in [1.54, 1.807) is 0 Å². The van der Waals surface area contributed by atoms with Gasteiger partial charge in [0, 0.05) is 12.6 Å². The number of rotatable bonds is 12. The molecule has 0 aliphatic rings. The molecule has 0 saturated carbocycles. The molecule has 0 saturated heterocycles. The first-order chi connectivity index (χ1) is 22.1. The van der Waals surface area contributed by atoms with E-state index in [0.717, 1.165) is 33.5 Å². The third-order valence-electron chi connectivity index (χ3n) is 8.42. The summed E-state index contributed by atoms with van der Waals surface area (Å²) in [7, 11) is 0. The van der Waals surface area contributed by atoms with Crippen LogP contribution in [0.15, 0.2) is 164 Å². The molecule has 1 amide bonds. The number of carbonyl (C=O) groups is 1. The SMILES string of the molecule is O=C(Cc1ccccc1)N[C@](CO)(Cc1ccccc1)Cc1cn(C(c2ccccc2)(c2ccccc2)c2ccccc2)cn1. The Hall–Kier alpha value is -5.26. The lowest BCUT2D eigenvalue weighted by Crippen LogP contribution is -2.55. The number of nitrogens with zero attached hydrogens (tertiary/aromatic N) is 2. The van der Waals surface area contributed by atoms with Crippen LogP contribution < -0.4 is 5.32 Å². The summed E-state index contributed by atoms with van der Waals surface area (Å²) in [6.07, 6.45) is 4.97. The molecule has 0 radical (unpaired) electrons. The number of hydrogen-bond donors (Lipinski definition) is 2. The number of aromatic nitrogens is 2. The second-order valence-corrected chi connectivity index (χ2v) is 11.6. The first kappa shape index (κ1) is 29.8. The van der Waals surface area contributed by atoms with Crippen LogP contribution in [0.5, 0.6) is 0 Å². The highest BCUT2D eigenvalue weighted by Gasteiger charge is 2.39. The van der Waals surface area contributed by atoms with E-state index in [-0.39, 0.29) is 18.9 Å². The van der Waals surface area contributed by atoms with Crippen molar-refractivity contribution in [1.82, 2.24) is 14.9 Å². The lowest BCUT2D eigenvalue weighted by molar-refractivity contribution is -0.123. The molecule has 224 valence electrons. The lowest BCUT2D eigenvalue weighted by Gasteiger charge is -2.37. The van der Waals surface area contributed by atoms with Crippen LogP contribution in [0.3, 0.4) is 0 Å². The number of imidazole rings is 1. The Balaban J connectivity index is 1.42. The summed E-state index contributed by atoms with van der Waals surface area (Å²) >= 11 is 0. The number of nitrogens with one attached hydrogen (secondary N) is 1. The molecule has 0 bridgehead atoms. The molecule has 1 atom stereocenters. The third kappa shape index (κ3) is 6.49. The van der Waals surface area contributed by atoms with Gasteiger partial charge in [0.15, 0.2) is 0 Å². The number of benzene rings is 5. The van der Waals surface area contributed by atoms with Crippen molar-refractivity contribution in [3.63, 3.8) is 0 Å². The molecule has 0 fully saturated rings. The van der Waals surface area contributed by atoms with Gasteiger partial charge < -0.3 is 15.0 Å². The zero-order chi connectivity index (χ0) is 31.0. The quantitative estimate of drug-likeness (QED) is 0.158. The van der Waals surface area contributed by atoms with Crippen LogP contribution in [-0.2, 0) is 29.6 Å². The molecule has 5 nitrogen and oxygen atoms in total. The van der Waals surface area contributed by atoms with Crippen LogP contribution in [0, 0.1) is 0 Å². The molecule has 5 heteroatoms. The second-order valence-electron chi connectivity index (χ2n) is 11.6. The van der Waals surface area contributed by atoms with E-state index >= 15 is 0 Å². The van der Waals surface area contributed by atoms with Crippen LogP contribution in [0.25, 0.3) is 0 Å². The molecule has 5 aromatic carbocycles. The van der Waals surface area contributed by atoms with E-state index in [4.69, 9.17) is 4.98 Å². The Morgan fingerprint density at radius 2 is 1.07 bits per heavy atom. The van der Waals surface area contributed by atoms with Crippen LogP contribution in [0.4, 0.5) is 0 Å². The maximum atomic E-state index is 13.4. The van der Waals surface area contributed by atoms with Gasteiger partial charge in [-0.1, -0.05) is 152 Å². The largest absolute Gasteiger partial charge is 0.394 e. The Labute approximate surface area is 264 Å². The molecule has 6 rings (SSSR count). The minimum atomic E-state index is -0.957. The van der Waals surface area contributed by atoms with Gasteiger partial charge in [0.25, 0.3) is 0 Å². The van der Waals surface area contributed by atoms with Crippen molar-refractivity contribution in [2.75, 3.05) is 6.61 Å². The van der Waals surface area contributed by atoms with Crippen molar-refractivity contribution in [3.05, 3.63) is 198 Å². The summed E-state index contributed by atoms with van der Waals surface area (Å²) in [4.78, 5) is 18.4. The van der Waals surface area contributed by atoms with Gasteiger partial charge in [-0.3, -0.25) is 4.79 Å². The summed E-state index contributed by atoms with van der Waals surface area (Å²) in [6, 6.07) is 51.0. The van der Waals surface area contributed by atoms with E-state index in [0.29, 0.717) is 12.8 Å². The van der Waals surface area contributed by atoms with Crippen LogP contribution in [0.2, 0.25) is 0 Å². The van der Waals surface area contributed by atoms with Crippen LogP contribution >= 0.6 is 0 Å². The Kier molecular flexibility index (Phi) is 8.99. The van der Waals surface area contributed by atoms with Gasteiger partial charge in [-0.05, 0) is 34.2 Å². The average molecular weight is 592 g/mol. The summed E-state index contributed by atoms with van der Waals surface area (Å²) < 4.78 is 2.17. The molecule has 1 heterocycles. The monoisotopic (exact) mass is 591 g/mol. The maximum Gasteiger partial charge on any atom is 0.224 e. The Morgan fingerprint density at radius 1 is 0.622 bits per heavy atom. The van der Waals surface area contributed by atoms with Crippen LogP contribution in [0.1, 0.15) is 33.5 Å².